The Morgan fingerprint density at radius 1 is 1.24 bits per heavy atom. The van der Waals surface area contributed by atoms with Gasteiger partial charge in [-0.15, -0.1) is 11.8 Å². The molecule has 0 unspecified atom stereocenters. The number of ether oxygens (including phenoxy) is 1. The molecule has 0 aliphatic heterocycles. The van der Waals surface area contributed by atoms with Gasteiger partial charge in [-0.3, -0.25) is 15.6 Å². The molecule has 3 aromatic rings. The van der Waals surface area contributed by atoms with Crippen molar-refractivity contribution in [2.45, 2.75) is 4.90 Å². The number of hydrazine groups is 1. The highest BCUT2D eigenvalue weighted by Crippen LogP contribution is 2.37. The molecule has 0 aliphatic carbocycles. The molecule has 1 aromatic heterocycles. The summed E-state index contributed by atoms with van der Waals surface area (Å²) in [5.41, 5.74) is 6.10. The molecule has 0 aliphatic rings. The molecule has 130 valence electrons. The van der Waals surface area contributed by atoms with E-state index < -0.39 is 0 Å². The van der Waals surface area contributed by atoms with Gasteiger partial charge in [-0.1, -0.05) is 34.5 Å². The molecule has 1 amide bonds. The summed E-state index contributed by atoms with van der Waals surface area (Å²) in [5.74, 6) is 0.731. The number of hydrogen-bond donors (Lipinski definition) is 2. The second-order valence-corrected chi connectivity index (χ2v) is 7.75. The molecule has 5 nitrogen and oxygen atoms in total. The van der Waals surface area contributed by atoms with Crippen molar-refractivity contribution < 1.29 is 9.53 Å². The molecule has 2 aromatic carbocycles. The lowest BCUT2D eigenvalue weighted by Gasteiger charge is -2.05. The smallest absolute Gasteiger partial charge is 0.248 e. The SMILES string of the molecule is COc1ccc(Cl)c2sc(NNC(=O)CSc3ccc(Cl)cc3)nc12. The Kier molecular flexibility index (Phi) is 5.90. The summed E-state index contributed by atoms with van der Waals surface area (Å²) >= 11 is 14.8. The fourth-order valence-corrected chi connectivity index (χ4v) is 3.94. The number of amides is 1. The Morgan fingerprint density at radius 3 is 2.72 bits per heavy atom. The number of nitrogens with one attached hydrogen (secondary N) is 2. The number of thioether (sulfide) groups is 1. The highest BCUT2D eigenvalue weighted by molar-refractivity contribution is 8.00. The zero-order valence-corrected chi connectivity index (χ0v) is 16.2. The first kappa shape index (κ1) is 18.1. The van der Waals surface area contributed by atoms with Crippen molar-refractivity contribution >= 4 is 67.6 Å². The van der Waals surface area contributed by atoms with Crippen molar-refractivity contribution in [3.05, 3.63) is 46.4 Å². The number of anilines is 1. The first-order valence-corrected chi connectivity index (χ1v) is 9.69. The molecule has 0 atom stereocenters. The molecule has 0 radical (unpaired) electrons. The fraction of sp³-hybridized carbons (Fsp3) is 0.125. The van der Waals surface area contributed by atoms with Crippen molar-refractivity contribution in [1.29, 1.82) is 0 Å². The molecule has 3 rings (SSSR count). The lowest BCUT2D eigenvalue weighted by Crippen LogP contribution is -2.30. The minimum absolute atomic E-state index is 0.169. The molecule has 0 spiro atoms. The lowest BCUT2D eigenvalue weighted by atomic mass is 10.3. The highest BCUT2D eigenvalue weighted by Gasteiger charge is 2.12. The second-order valence-electron chi connectivity index (χ2n) is 4.86. The normalized spacial score (nSPS) is 10.7. The Morgan fingerprint density at radius 2 is 2.00 bits per heavy atom. The number of carbonyl (C=O) groups is 1. The van der Waals surface area contributed by atoms with E-state index in [2.05, 4.69) is 15.8 Å². The largest absolute Gasteiger partial charge is 0.494 e. The molecule has 9 heteroatoms. The predicted molar refractivity (Wildman–Crippen MR) is 105 cm³/mol. The average molecular weight is 414 g/mol. The number of benzene rings is 2. The maximum absolute atomic E-state index is 12.0. The minimum Gasteiger partial charge on any atom is -0.494 e. The van der Waals surface area contributed by atoms with Crippen LogP contribution < -0.4 is 15.6 Å². The van der Waals surface area contributed by atoms with Crippen LogP contribution in [-0.2, 0) is 4.79 Å². The van der Waals surface area contributed by atoms with Gasteiger partial charge in [0.2, 0.25) is 11.0 Å². The van der Waals surface area contributed by atoms with E-state index in [9.17, 15) is 4.79 Å². The quantitative estimate of drug-likeness (QED) is 0.446. The molecule has 0 bridgehead atoms. The van der Waals surface area contributed by atoms with Crippen molar-refractivity contribution in [3.8, 4) is 5.75 Å². The van der Waals surface area contributed by atoms with Crippen LogP contribution in [0.2, 0.25) is 10.0 Å². The van der Waals surface area contributed by atoms with Gasteiger partial charge in [-0.2, -0.15) is 0 Å². The zero-order chi connectivity index (χ0) is 17.8. The summed E-state index contributed by atoms with van der Waals surface area (Å²) in [6, 6.07) is 10.8. The van der Waals surface area contributed by atoms with Crippen LogP contribution in [0.25, 0.3) is 10.2 Å². The van der Waals surface area contributed by atoms with Gasteiger partial charge in [0.1, 0.15) is 11.3 Å². The molecule has 1 heterocycles. The molecular formula is C16H13Cl2N3O2S2. The Labute approximate surface area is 162 Å². The summed E-state index contributed by atoms with van der Waals surface area (Å²) in [6.07, 6.45) is 0. The average Bonchev–Trinajstić information content (AvgIpc) is 3.05. The lowest BCUT2D eigenvalue weighted by molar-refractivity contribution is -0.118. The Balaban J connectivity index is 1.59. The Hall–Kier alpha value is -1.67. The van der Waals surface area contributed by atoms with Crippen molar-refractivity contribution in [2.75, 3.05) is 18.3 Å². The zero-order valence-electron chi connectivity index (χ0n) is 13.0. The first-order chi connectivity index (χ1) is 12.1. The predicted octanol–water partition coefficient (Wildman–Crippen LogP) is 4.85. The number of aromatic nitrogens is 1. The van der Waals surface area contributed by atoms with Gasteiger partial charge in [0, 0.05) is 9.92 Å². The number of fused-ring (bicyclic) bond motifs is 1. The number of methoxy groups -OCH3 is 1. The van der Waals surface area contributed by atoms with E-state index in [-0.39, 0.29) is 11.7 Å². The van der Waals surface area contributed by atoms with E-state index in [1.807, 2.05) is 12.1 Å². The molecule has 0 saturated heterocycles. The van der Waals surface area contributed by atoms with Crippen LogP contribution in [0, 0.1) is 0 Å². The van der Waals surface area contributed by atoms with Crippen molar-refractivity contribution in [1.82, 2.24) is 10.4 Å². The number of carbonyl (C=O) groups excluding carboxylic acids is 1. The molecule has 0 fully saturated rings. The first-order valence-electron chi connectivity index (χ1n) is 7.13. The van der Waals surface area contributed by atoms with Crippen LogP contribution in [0.1, 0.15) is 0 Å². The maximum Gasteiger partial charge on any atom is 0.248 e. The summed E-state index contributed by atoms with van der Waals surface area (Å²) in [4.78, 5) is 17.3. The summed E-state index contributed by atoms with van der Waals surface area (Å²) in [5, 5.41) is 1.79. The van der Waals surface area contributed by atoms with Gasteiger partial charge in [0.15, 0.2) is 0 Å². The third-order valence-electron chi connectivity index (χ3n) is 3.17. The highest BCUT2D eigenvalue weighted by atomic mass is 35.5. The van der Waals surface area contributed by atoms with E-state index in [1.54, 1.807) is 31.4 Å². The van der Waals surface area contributed by atoms with Gasteiger partial charge in [0.05, 0.1) is 22.6 Å². The van der Waals surface area contributed by atoms with E-state index in [0.29, 0.717) is 26.4 Å². The number of halogens is 2. The minimum atomic E-state index is -0.169. The molecule has 2 N–H and O–H groups in total. The summed E-state index contributed by atoms with van der Waals surface area (Å²) in [7, 11) is 1.57. The van der Waals surface area contributed by atoms with Crippen molar-refractivity contribution in [3.63, 3.8) is 0 Å². The van der Waals surface area contributed by atoms with Crippen LogP contribution in [0.15, 0.2) is 41.3 Å². The summed E-state index contributed by atoms with van der Waals surface area (Å²) in [6.45, 7) is 0. The van der Waals surface area contributed by atoms with Gasteiger partial charge in [-0.25, -0.2) is 4.98 Å². The third-order valence-corrected chi connectivity index (χ3v) is 5.87. The second kappa shape index (κ2) is 8.14. The number of rotatable bonds is 6. The van der Waals surface area contributed by atoms with E-state index in [4.69, 9.17) is 27.9 Å². The molecule has 25 heavy (non-hydrogen) atoms. The molecule has 0 saturated carbocycles. The monoisotopic (exact) mass is 413 g/mol. The third kappa shape index (κ3) is 4.49. The molecular weight excluding hydrogens is 401 g/mol. The van der Waals surface area contributed by atoms with Crippen LogP contribution in [-0.4, -0.2) is 23.8 Å². The number of nitrogens with zero attached hydrogens (tertiary/aromatic N) is 1. The van der Waals surface area contributed by atoms with Crippen molar-refractivity contribution in [2.24, 2.45) is 0 Å². The van der Waals surface area contributed by atoms with E-state index >= 15 is 0 Å². The topological polar surface area (TPSA) is 63.2 Å². The number of thiazole rings is 1. The van der Waals surface area contributed by atoms with Crippen LogP contribution >= 0.6 is 46.3 Å². The van der Waals surface area contributed by atoms with Crippen LogP contribution in [0.4, 0.5) is 5.13 Å². The summed E-state index contributed by atoms with van der Waals surface area (Å²) < 4.78 is 6.07. The maximum atomic E-state index is 12.0. The van der Waals surface area contributed by atoms with Gasteiger partial charge >= 0.3 is 0 Å². The number of hydrogen-bond acceptors (Lipinski definition) is 6. The Bertz CT molecular complexity index is 900. The van der Waals surface area contributed by atoms with E-state index in [0.717, 1.165) is 9.60 Å². The van der Waals surface area contributed by atoms with Gasteiger partial charge in [-0.05, 0) is 36.4 Å². The van der Waals surface area contributed by atoms with Gasteiger partial charge in [0.25, 0.3) is 0 Å². The fourth-order valence-electron chi connectivity index (χ4n) is 2.01. The van der Waals surface area contributed by atoms with Crippen LogP contribution in [0.5, 0.6) is 5.75 Å². The van der Waals surface area contributed by atoms with Crippen LogP contribution in [0.3, 0.4) is 0 Å². The standard InChI is InChI=1S/C16H13Cl2N3O2S2/c1-23-12-7-6-11(18)15-14(12)19-16(25-15)21-20-13(22)8-24-10-4-2-9(17)3-5-10/h2-7H,8H2,1H3,(H,19,21)(H,20,22). The van der Waals surface area contributed by atoms with Gasteiger partial charge < -0.3 is 4.74 Å². The van der Waals surface area contributed by atoms with E-state index in [1.165, 1.54) is 23.1 Å².